The van der Waals surface area contributed by atoms with Gasteiger partial charge in [0.05, 0.1) is 17.3 Å². The van der Waals surface area contributed by atoms with Crippen LogP contribution < -0.4 is 5.32 Å². The van der Waals surface area contributed by atoms with E-state index in [0.717, 1.165) is 29.2 Å². The molecule has 1 heterocycles. The van der Waals surface area contributed by atoms with Crippen molar-refractivity contribution in [2.24, 2.45) is 0 Å². The Labute approximate surface area is 131 Å². The molecule has 0 aliphatic carbocycles. The molecule has 0 spiro atoms. The van der Waals surface area contributed by atoms with Gasteiger partial charge in [-0.2, -0.15) is 8.75 Å². The number of rotatable bonds is 4. The smallest absolute Gasteiger partial charge is 0.253 e. The number of hydrogen-bond acceptors (Lipinski definition) is 4. The molecule has 1 N–H and O–H groups in total. The third-order valence-corrected chi connectivity index (χ3v) is 3.94. The standard InChI is InChI=1S/C15H12ClN3OS/c16-11-6-4-10(5-7-11)8-9-17-15(20)12-2-1-3-13-14(12)19-21-18-13/h1-7H,8-9H2,(H,17,20). The predicted molar refractivity (Wildman–Crippen MR) is 84.9 cm³/mol. The number of carbonyl (C=O) groups is 1. The molecule has 0 aliphatic rings. The van der Waals surface area contributed by atoms with Gasteiger partial charge in [-0.3, -0.25) is 4.79 Å². The summed E-state index contributed by atoms with van der Waals surface area (Å²) >= 11 is 6.95. The zero-order chi connectivity index (χ0) is 14.7. The number of nitrogens with zero attached hydrogens (tertiary/aromatic N) is 2. The Balaban J connectivity index is 1.64. The Kier molecular flexibility index (Phi) is 4.13. The van der Waals surface area contributed by atoms with Crippen molar-refractivity contribution in [2.45, 2.75) is 6.42 Å². The summed E-state index contributed by atoms with van der Waals surface area (Å²) in [5.74, 6) is -0.123. The maximum Gasteiger partial charge on any atom is 0.253 e. The van der Waals surface area contributed by atoms with Crippen LogP contribution in [0.25, 0.3) is 11.0 Å². The summed E-state index contributed by atoms with van der Waals surface area (Å²) in [5, 5.41) is 3.62. The number of nitrogens with one attached hydrogen (secondary N) is 1. The second-order valence-electron chi connectivity index (χ2n) is 4.57. The lowest BCUT2D eigenvalue weighted by Gasteiger charge is -2.06. The number of halogens is 1. The van der Waals surface area contributed by atoms with Crippen LogP contribution in [0, 0.1) is 0 Å². The van der Waals surface area contributed by atoms with Gasteiger partial charge in [0.2, 0.25) is 0 Å². The van der Waals surface area contributed by atoms with Crippen LogP contribution in [0.1, 0.15) is 15.9 Å². The van der Waals surface area contributed by atoms with Crippen molar-refractivity contribution < 1.29 is 4.79 Å². The van der Waals surface area contributed by atoms with Gasteiger partial charge in [0, 0.05) is 11.6 Å². The Morgan fingerprint density at radius 2 is 1.95 bits per heavy atom. The van der Waals surface area contributed by atoms with Crippen LogP contribution in [-0.4, -0.2) is 21.2 Å². The number of benzene rings is 2. The molecule has 0 atom stereocenters. The molecule has 4 nitrogen and oxygen atoms in total. The number of fused-ring (bicyclic) bond motifs is 1. The van der Waals surface area contributed by atoms with E-state index in [9.17, 15) is 4.79 Å². The highest BCUT2D eigenvalue weighted by Gasteiger charge is 2.11. The van der Waals surface area contributed by atoms with Crippen LogP contribution in [0.2, 0.25) is 5.02 Å². The molecule has 3 aromatic rings. The summed E-state index contributed by atoms with van der Waals surface area (Å²) in [5.41, 5.74) is 3.11. The molecule has 1 amide bonds. The number of aromatic nitrogens is 2. The van der Waals surface area contributed by atoms with E-state index in [4.69, 9.17) is 11.6 Å². The van der Waals surface area contributed by atoms with Gasteiger partial charge in [0.15, 0.2) is 0 Å². The van der Waals surface area contributed by atoms with Gasteiger partial charge in [-0.05, 0) is 36.2 Å². The molecule has 0 unspecified atom stereocenters. The topological polar surface area (TPSA) is 54.9 Å². The maximum atomic E-state index is 12.2. The molecule has 0 saturated carbocycles. The minimum atomic E-state index is -0.123. The van der Waals surface area contributed by atoms with Gasteiger partial charge < -0.3 is 5.32 Å². The van der Waals surface area contributed by atoms with Gasteiger partial charge in [-0.15, -0.1) is 0 Å². The molecular weight excluding hydrogens is 306 g/mol. The molecule has 0 saturated heterocycles. The summed E-state index contributed by atoms with van der Waals surface area (Å²) < 4.78 is 8.31. The molecule has 1 aromatic heterocycles. The molecule has 0 radical (unpaired) electrons. The van der Waals surface area contributed by atoms with Crippen LogP contribution in [0.15, 0.2) is 42.5 Å². The molecule has 6 heteroatoms. The van der Waals surface area contributed by atoms with E-state index < -0.39 is 0 Å². The summed E-state index contributed by atoms with van der Waals surface area (Å²) in [4.78, 5) is 12.2. The Morgan fingerprint density at radius 3 is 2.76 bits per heavy atom. The monoisotopic (exact) mass is 317 g/mol. The third-order valence-electron chi connectivity index (χ3n) is 3.14. The van der Waals surface area contributed by atoms with Crippen molar-refractivity contribution >= 4 is 40.3 Å². The predicted octanol–water partition coefficient (Wildman–Crippen LogP) is 3.32. The summed E-state index contributed by atoms with van der Waals surface area (Å²) in [6, 6.07) is 13.0. The molecular formula is C15H12ClN3OS. The first-order valence-electron chi connectivity index (χ1n) is 6.48. The highest BCUT2D eigenvalue weighted by atomic mass is 35.5. The van der Waals surface area contributed by atoms with E-state index in [2.05, 4.69) is 14.1 Å². The highest BCUT2D eigenvalue weighted by Crippen LogP contribution is 2.16. The van der Waals surface area contributed by atoms with Crippen LogP contribution in [0.5, 0.6) is 0 Å². The van der Waals surface area contributed by atoms with E-state index in [1.165, 1.54) is 0 Å². The van der Waals surface area contributed by atoms with Gasteiger partial charge in [0.1, 0.15) is 11.0 Å². The van der Waals surface area contributed by atoms with Crippen molar-refractivity contribution in [1.82, 2.24) is 14.1 Å². The van der Waals surface area contributed by atoms with Crippen molar-refractivity contribution in [2.75, 3.05) is 6.54 Å². The summed E-state index contributed by atoms with van der Waals surface area (Å²) in [7, 11) is 0. The van der Waals surface area contributed by atoms with Crippen LogP contribution in [0.4, 0.5) is 0 Å². The average molecular weight is 318 g/mol. The minimum Gasteiger partial charge on any atom is -0.352 e. The van der Waals surface area contributed by atoms with Gasteiger partial charge in [-0.25, -0.2) is 0 Å². The van der Waals surface area contributed by atoms with Gasteiger partial charge >= 0.3 is 0 Å². The lowest BCUT2D eigenvalue weighted by Crippen LogP contribution is -2.25. The fraction of sp³-hybridized carbons (Fsp3) is 0.133. The zero-order valence-corrected chi connectivity index (χ0v) is 12.6. The van der Waals surface area contributed by atoms with Crippen LogP contribution in [0.3, 0.4) is 0 Å². The summed E-state index contributed by atoms with van der Waals surface area (Å²) in [6.07, 6.45) is 0.758. The molecule has 106 valence electrons. The van der Waals surface area contributed by atoms with E-state index in [0.29, 0.717) is 22.6 Å². The lowest BCUT2D eigenvalue weighted by molar-refractivity contribution is 0.0955. The maximum absolute atomic E-state index is 12.2. The second kappa shape index (κ2) is 6.20. The fourth-order valence-corrected chi connectivity index (χ4v) is 2.73. The summed E-state index contributed by atoms with van der Waals surface area (Å²) in [6.45, 7) is 0.564. The van der Waals surface area contributed by atoms with E-state index >= 15 is 0 Å². The molecule has 0 fully saturated rings. The van der Waals surface area contributed by atoms with E-state index in [-0.39, 0.29) is 5.91 Å². The SMILES string of the molecule is O=C(NCCc1ccc(Cl)cc1)c1cccc2nsnc12. The zero-order valence-electron chi connectivity index (χ0n) is 11.0. The molecule has 0 bridgehead atoms. The second-order valence-corrected chi connectivity index (χ2v) is 5.53. The quantitative estimate of drug-likeness (QED) is 0.803. The highest BCUT2D eigenvalue weighted by molar-refractivity contribution is 7.00. The first-order chi connectivity index (χ1) is 10.2. The van der Waals surface area contributed by atoms with Crippen LogP contribution in [-0.2, 0) is 6.42 Å². The van der Waals surface area contributed by atoms with Crippen LogP contribution >= 0.6 is 23.3 Å². The average Bonchev–Trinajstić information content (AvgIpc) is 2.97. The number of hydrogen-bond donors (Lipinski definition) is 1. The van der Waals surface area contributed by atoms with Gasteiger partial charge in [0.25, 0.3) is 5.91 Å². The molecule has 21 heavy (non-hydrogen) atoms. The Bertz CT molecular complexity index is 770. The van der Waals surface area contributed by atoms with Crippen molar-refractivity contribution in [3.8, 4) is 0 Å². The van der Waals surface area contributed by atoms with Crippen molar-refractivity contribution in [1.29, 1.82) is 0 Å². The fourth-order valence-electron chi connectivity index (χ4n) is 2.06. The van der Waals surface area contributed by atoms with E-state index in [1.54, 1.807) is 6.07 Å². The van der Waals surface area contributed by atoms with Crippen molar-refractivity contribution in [3.05, 3.63) is 58.6 Å². The number of amides is 1. The van der Waals surface area contributed by atoms with Gasteiger partial charge in [-0.1, -0.05) is 29.8 Å². The first kappa shape index (κ1) is 14.0. The third kappa shape index (κ3) is 3.20. The minimum absolute atomic E-state index is 0.123. The molecule has 0 aliphatic heterocycles. The van der Waals surface area contributed by atoms with E-state index in [1.807, 2.05) is 36.4 Å². The molecule has 3 rings (SSSR count). The molecule has 2 aromatic carbocycles. The normalized spacial score (nSPS) is 10.7. The largest absolute Gasteiger partial charge is 0.352 e. The lowest BCUT2D eigenvalue weighted by atomic mass is 10.1. The number of carbonyl (C=O) groups excluding carboxylic acids is 1. The first-order valence-corrected chi connectivity index (χ1v) is 7.59. The van der Waals surface area contributed by atoms with Crippen molar-refractivity contribution in [3.63, 3.8) is 0 Å². The Hall–Kier alpha value is -1.98. The Morgan fingerprint density at radius 1 is 1.14 bits per heavy atom.